The average Bonchev–Trinajstić information content (AvgIpc) is 2.56. The van der Waals surface area contributed by atoms with Crippen molar-refractivity contribution in [3.63, 3.8) is 0 Å². The highest BCUT2D eigenvalue weighted by atomic mass is 32.2. The molecule has 5 heteroatoms. The predicted molar refractivity (Wildman–Crippen MR) is 104 cm³/mol. The summed E-state index contributed by atoms with van der Waals surface area (Å²) in [7, 11) is 4.01. The molecule has 0 unspecified atom stereocenters. The fourth-order valence-electron chi connectivity index (χ4n) is 2.97. The first-order valence-corrected chi connectivity index (χ1v) is 9.90. The molecule has 0 aliphatic carbocycles. The summed E-state index contributed by atoms with van der Waals surface area (Å²) in [5, 5.41) is 3.60. The molecule has 0 saturated carbocycles. The lowest BCUT2D eigenvalue weighted by atomic mass is 9.99. The van der Waals surface area contributed by atoms with E-state index in [0.717, 1.165) is 57.3 Å². The van der Waals surface area contributed by atoms with Gasteiger partial charge < -0.3 is 15.0 Å². The van der Waals surface area contributed by atoms with E-state index < -0.39 is 0 Å². The van der Waals surface area contributed by atoms with Crippen LogP contribution in [-0.2, 0) is 4.74 Å². The molecule has 134 valence electrons. The minimum Gasteiger partial charge on any atom is -0.381 e. The number of unbranched alkanes of at least 4 members (excludes halogenated alkanes) is 3. The first-order valence-electron chi connectivity index (χ1n) is 8.92. The Kier molecular flexibility index (Phi) is 10.4. The van der Waals surface area contributed by atoms with E-state index in [0.29, 0.717) is 4.75 Å². The maximum atomic E-state index is 5.55. The SMILES string of the molecule is C=CCCCCCN(C)C(=NC)NCC1(SCC)CCOCC1. The van der Waals surface area contributed by atoms with Gasteiger partial charge in [0.15, 0.2) is 5.96 Å². The Morgan fingerprint density at radius 3 is 2.70 bits per heavy atom. The Balaban J connectivity index is 2.40. The highest BCUT2D eigenvalue weighted by Crippen LogP contribution is 2.34. The van der Waals surface area contributed by atoms with Gasteiger partial charge in [0.25, 0.3) is 0 Å². The predicted octanol–water partition coefficient (Wildman–Crippen LogP) is 3.54. The molecule has 0 amide bonds. The second-order valence-electron chi connectivity index (χ2n) is 6.19. The van der Waals surface area contributed by atoms with Gasteiger partial charge in [-0.2, -0.15) is 11.8 Å². The van der Waals surface area contributed by atoms with Crippen LogP contribution in [0.1, 0.15) is 45.4 Å². The molecule has 1 rings (SSSR count). The van der Waals surface area contributed by atoms with E-state index in [9.17, 15) is 0 Å². The fraction of sp³-hybridized carbons (Fsp3) is 0.833. The van der Waals surface area contributed by atoms with E-state index >= 15 is 0 Å². The lowest BCUT2D eigenvalue weighted by Gasteiger charge is -2.37. The minimum atomic E-state index is 0.299. The molecule has 0 atom stereocenters. The number of nitrogens with zero attached hydrogens (tertiary/aromatic N) is 2. The van der Waals surface area contributed by atoms with Gasteiger partial charge in [0.05, 0.1) is 0 Å². The van der Waals surface area contributed by atoms with Crippen molar-refractivity contribution in [2.24, 2.45) is 4.99 Å². The molecular formula is C18H35N3OS. The first kappa shape index (κ1) is 20.4. The standard InChI is InChI=1S/C18H35N3OS/c1-5-7-8-9-10-13-21(4)17(19-3)20-16-18(23-6-2)11-14-22-15-12-18/h5H,1,6-16H2,2-4H3,(H,19,20). The van der Waals surface area contributed by atoms with Crippen LogP contribution in [0.15, 0.2) is 17.6 Å². The first-order chi connectivity index (χ1) is 11.2. The van der Waals surface area contributed by atoms with Crippen molar-refractivity contribution in [3.05, 3.63) is 12.7 Å². The van der Waals surface area contributed by atoms with Crippen LogP contribution in [0.25, 0.3) is 0 Å². The fourth-order valence-corrected chi connectivity index (χ4v) is 4.21. The number of hydrogen-bond donors (Lipinski definition) is 1. The summed E-state index contributed by atoms with van der Waals surface area (Å²) >= 11 is 2.07. The summed E-state index contributed by atoms with van der Waals surface area (Å²) in [6.45, 7) is 9.80. The zero-order valence-corrected chi connectivity index (χ0v) is 16.1. The minimum absolute atomic E-state index is 0.299. The molecule has 0 radical (unpaired) electrons. The van der Waals surface area contributed by atoms with E-state index in [1.54, 1.807) is 0 Å². The lowest BCUT2D eigenvalue weighted by molar-refractivity contribution is 0.0781. The van der Waals surface area contributed by atoms with Crippen molar-refractivity contribution in [1.29, 1.82) is 0 Å². The second kappa shape index (κ2) is 11.8. The van der Waals surface area contributed by atoms with Gasteiger partial charge in [-0.3, -0.25) is 4.99 Å². The van der Waals surface area contributed by atoms with Crippen LogP contribution in [0, 0.1) is 0 Å². The Bertz CT molecular complexity index is 349. The summed E-state index contributed by atoms with van der Waals surface area (Å²) in [6, 6.07) is 0. The van der Waals surface area contributed by atoms with Crippen LogP contribution in [-0.4, -0.2) is 61.8 Å². The number of rotatable bonds is 10. The van der Waals surface area contributed by atoms with Gasteiger partial charge in [0.2, 0.25) is 0 Å². The molecule has 1 N–H and O–H groups in total. The molecular weight excluding hydrogens is 306 g/mol. The average molecular weight is 342 g/mol. The largest absolute Gasteiger partial charge is 0.381 e. The van der Waals surface area contributed by atoms with Crippen LogP contribution in [0.5, 0.6) is 0 Å². The zero-order valence-electron chi connectivity index (χ0n) is 15.3. The maximum Gasteiger partial charge on any atom is 0.193 e. The molecule has 0 spiro atoms. The number of guanidine groups is 1. The summed E-state index contributed by atoms with van der Waals surface area (Å²) < 4.78 is 5.85. The number of nitrogens with one attached hydrogen (secondary N) is 1. The van der Waals surface area contributed by atoms with Crippen molar-refractivity contribution < 1.29 is 4.74 Å². The Hall–Kier alpha value is -0.680. The number of aliphatic imine (C=N–C) groups is 1. The lowest BCUT2D eigenvalue weighted by Crippen LogP contribution is -2.48. The number of allylic oxidation sites excluding steroid dienone is 1. The maximum absolute atomic E-state index is 5.55. The van der Waals surface area contributed by atoms with Crippen molar-refractivity contribution >= 4 is 17.7 Å². The quantitative estimate of drug-likeness (QED) is 0.285. The topological polar surface area (TPSA) is 36.9 Å². The highest BCUT2D eigenvalue weighted by Gasteiger charge is 2.32. The van der Waals surface area contributed by atoms with Crippen LogP contribution >= 0.6 is 11.8 Å². The van der Waals surface area contributed by atoms with E-state index in [2.05, 4.69) is 47.5 Å². The molecule has 23 heavy (non-hydrogen) atoms. The third-order valence-corrected chi connectivity index (χ3v) is 5.85. The van der Waals surface area contributed by atoms with E-state index in [-0.39, 0.29) is 0 Å². The molecule has 1 fully saturated rings. The van der Waals surface area contributed by atoms with Crippen molar-refractivity contribution in [2.45, 2.75) is 50.2 Å². The van der Waals surface area contributed by atoms with Gasteiger partial charge >= 0.3 is 0 Å². The molecule has 0 aromatic heterocycles. The van der Waals surface area contributed by atoms with Crippen LogP contribution in [0.2, 0.25) is 0 Å². The normalized spacial score (nSPS) is 17.8. The van der Waals surface area contributed by atoms with E-state index in [4.69, 9.17) is 4.74 Å². The van der Waals surface area contributed by atoms with Crippen LogP contribution in [0.3, 0.4) is 0 Å². The van der Waals surface area contributed by atoms with Crippen LogP contribution < -0.4 is 5.32 Å². The zero-order chi connectivity index (χ0) is 17.0. The highest BCUT2D eigenvalue weighted by molar-refractivity contribution is 8.00. The molecule has 4 nitrogen and oxygen atoms in total. The van der Waals surface area contributed by atoms with Gasteiger partial charge in [0.1, 0.15) is 0 Å². The summed E-state index contributed by atoms with van der Waals surface area (Å²) in [5.74, 6) is 2.16. The van der Waals surface area contributed by atoms with E-state index in [1.807, 2.05) is 13.1 Å². The van der Waals surface area contributed by atoms with Gasteiger partial charge in [0, 0.05) is 45.1 Å². The van der Waals surface area contributed by atoms with Gasteiger partial charge in [-0.05, 0) is 37.9 Å². The molecule has 0 aromatic carbocycles. The number of hydrogen-bond acceptors (Lipinski definition) is 3. The van der Waals surface area contributed by atoms with E-state index in [1.165, 1.54) is 19.3 Å². The van der Waals surface area contributed by atoms with Gasteiger partial charge in [-0.1, -0.05) is 19.4 Å². The summed E-state index contributed by atoms with van der Waals surface area (Å²) in [5.41, 5.74) is 0. The van der Waals surface area contributed by atoms with Gasteiger partial charge in [-0.15, -0.1) is 6.58 Å². The molecule has 1 aliphatic rings. The summed E-state index contributed by atoms with van der Waals surface area (Å²) in [6.07, 6.45) is 9.06. The molecule has 1 aliphatic heterocycles. The Morgan fingerprint density at radius 1 is 1.35 bits per heavy atom. The molecule has 1 saturated heterocycles. The Morgan fingerprint density at radius 2 is 2.09 bits per heavy atom. The monoisotopic (exact) mass is 341 g/mol. The van der Waals surface area contributed by atoms with Gasteiger partial charge in [-0.25, -0.2) is 0 Å². The van der Waals surface area contributed by atoms with Crippen molar-refractivity contribution in [3.8, 4) is 0 Å². The smallest absolute Gasteiger partial charge is 0.193 e. The molecule has 1 heterocycles. The van der Waals surface area contributed by atoms with Crippen LogP contribution in [0.4, 0.5) is 0 Å². The Labute approximate surface area is 147 Å². The number of ether oxygens (including phenoxy) is 1. The van der Waals surface area contributed by atoms with Crippen molar-refractivity contribution in [2.75, 3.05) is 46.2 Å². The molecule has 0 bridgehead atoms. The molecule has 0 aromatic rings. The summed E-state index contributed by atoms with van der Waals surface area (Å²) in [4.78, 5) is 6.70. The van der Waals surface area contributed by atoms with Crippen molar-refractivity contribution in [1.82, 2.24) is 10.2 Å². The third kappa shape index (κ3) is 7.62. The third-order valence-electron chi connectivity index (χ3n) is 4.40. The number of thioether (sulfide) groups is 1. The second-order valence-corrected chi connectivity index (χ2v) is 7.92.